The van der Waals surface area contributed by atoms with Gasteiger partial charge in [0.05, 0.1) is 11.1 Å². The van der Waals surface area contributed by atoms with Gasteiger partial charge in [0.1, 0.15) is 24.7 Å². The van der Waals surface area contributed by atoms with Crippen LogP contribution in [-0.2, 0) is 0 Å². The first kappa shape index (κ1) is 22.1. The van der Waals surface area contributed by atoms with Crippen molar-refractivity contribution in [2.45, 2.75) is 13.8 Å². The molecule has 0 aliphatic heterocycles. The number of carbonyl (C=O) groups is 2. The van der Waals surface area contributed by atoms with Crippen molar-refractivity contribution in [2.75, 3.05) is 18.5 Å². The molecule has 4 aromatic rings. The fourth-order valence-corrected chi connectivity index (χ4v) is 3.61. The van der Waals surface area contributed by atoms with Gasteiger partial charge in [0.2, 0.25) is 0 Å². The zero-order valence-corrected chi connectivity index (χ0v) is 18.6. The first-order chi connectivity index (χ1) is 16.0. The van der Waals surface area contributed by atoms with Crippen LogP contribution in [0.2, 0.25) is 0 Å². The number of carbonyl (C=O) groups excluding carboxylic acids is 2. The van der Waals surface area contributed by atoms with Gasteiger partial charge in [-0.05, 0) is 60.5 Å². The van der Waals surface area contributed by atoms with Gasteiger partial charge >= 0.3 is 0 Å². The lowest BCUT2D eigenvalue weighted by Crippen LogP contribution is -2.16. The van der Waals surface area contributed by atoms with Gasteiger partial charge in [0.15, 0.2) is 5.78 Å². The van der Waals surface area contributed by atoms with E-state index >= 15 is 0 Å². The van der Waals surface area contributed by atoms with Gasteiger partial charge in [-0.3, -0.25) is 9.59 Å². The highest BCUT2D eigenvalue weighted by atomic mass is 16.5. The third kappa shape index (κ3) is 5.21. The highest BCUT2D eigenvalue weighted by Crippen LogP contribution is 2.28. The maximum Gasteiger partial charge on any atom is 0.259 e. The van der Waals surface area contributed by atoms with Crippen LogP contribution >= 0.6 is 0 Å². The molecule has 1 amide bonds. The molecular weight excluding hydrogens is 414 g/mol. The van der Waals surface area contributed by atoms with Gasteiger partial charge < -0.3 is 14.8 Å². The van der Waals surface area contributed by atoms with Crippen molar-refractivity contribution >= 4 is 28.2 Å². The molecule has 0 heterocycles. The summed E-state index contributed by atoms with van der Waals surface area (Å²) in [4.78, 5) is 24.9. The molecule has 4 aromatic carbocycles. The van der Waals surface area contributed by atoms with E-state index in [2.05, 4.69) is 5.32 Å². The molecule has 0 saturated heterocycles. The molecule has 0 bridgehead atoms. The predicted octanol–water partition coefficient (Wildman–Crippen LogP) is 6.06. The van der Waals surface area contributed by atoms with Gasteiger partial charge in [-0.2, -0.15) is 0 Å². The molecule has 0 spiro atoms. The molecule has 0 saturated carbocycles. The van der Waals surface area contributed by atoms with E-state index in [1.165, 1.54) is 6.92 Å². The fraction of sp³-hybridized carbons (Fsp3) is 0.143. The van der Waals surface area contributed by atoms with Crippen LogP contribution in [0.5, 0.6) is 11.5 Å². The van der Waals surface area contributed by atoms with Crippen LogP contribution in [0.25, 0.3) is 10.8 Å². The van der Waals surface area contributed by atoms with Crippen molar-refractivity contribution in [1.82, 2.24) is 0 Å². The van der Waals surface area contributed by atoms with Gasteiger partial charge in [0.25, 0.3) is 5.91 Å². The van der Waals surface area contributed by atoms with Crippen molar-refractivity contribution in [2.24, 2.45) is 0 Å². The zero-order valence-electron chi connectivity index (χ0n) is 18.6. The Morgan fingerprint density at radius 2 is 1.33 bits per heavy atom. The van der Waals surface area contributed by atoms with Crippen LogP contribution in [0.1, 0.15) is 33.2 Å². The molecule has 0 fully saturated rings. The number of amides is 1. The Morgan fingerprint density at radius 1 is 0.727 bits per heavy atom. The summed E-state index contributed by atoms with van der Waals surface area (Å²) in [5.41, 5.74) is 2.71. The van der Waals surface area contributed by atoms with Crippen LogP contribution in [0.3, 0.4) is 0 Å². The highest BCUT2D eigenvalue weighted by molar-refractivity contribution is 6.09. The van der Waals surface area contributed by atoms with E-state index in [4.69, 9.17) is 9.47 Å². The molecule has 166 valence electrons. The number of fused-ring (bicyclic) bond motifs is 1. The van der Waals surface area contributed by atoms with E-state index in [0.29, 0.717) is 22.6 Å². The number of rotatable bonds is 8. The second-order valence-electron chi connectivity index (χ2n) is 7.71. The minimum Gasteiger partial charge on any atom is -0.489 e. The summed E-state index contributed by atoms with van der Waals surface area (Å²) in [6.07, 6.45) is 0. The molecule has 0 radical (unpaired) electrons. The van der Waals surface area contributed by atoms with Crippen molar-refractivity contribution in [3.63, 3.8) is 0 Å². The Kier molecular flexibility index (Phi) is 6.69. The van der Waals surface area contributed by atoms with Crippen molar-refractivity contribution < 1.29 is 19.1 Å². The number of benzene rings is 4. The van der Waals surface area contributed by atoms with Crippen molar-refractivity contribution in [3.05, 3.63) is 102 Å². The first-order valence-electron chi connectivity index (χ1n) is 10.8. The molecule has 0 unspecified atom stereocenters. The highest BCUT2D eigenvalue weighted by Gasteiger charge is 2.16. The van der Waals surface area contributed by atoms with Crippen LogP contribution < -0.4 is 14.8 Å². The average molecular weight is 440 g/mol. The lowest BCUT2D eigenvalue weighted by Gasteiger charge is -2.15. The number of Topliss-reactive ketones (excluding diaryl/α,β-unsaturated/α-hetero) is 1. The van der Waals surface area contributed by atoms with Gasteiger partial charge in [-0.15, -0.1) is 0 Å². The molecule has 0 aliphatic carbocycles. The van der Waals surface area contributed by atoms with Crippen molar-refractivity contribution in [1.29, 1.82) is 0 Å². The van der Waals surface area contributed by atoms with E-state index in [-0.39, 0.29) is 24.9 Å². The number of aryl methyl sites for hydroxylation is 1. The quantitative estimate of drug-likeness (QED) is 0.268. The van der Waals surface area contributed by atoms with Crippen LogP contribution in [0.4, 0.5) is 5.69 Å². The Labute approximate surface area is 193 Å². The van der Waals surface area contributed by atoms with E-state index in [1.54, 1.807) is 18.2 Å². The van der Waals surface area contributed by atoms with Gasteiger partial charge in [0, 0.05) is 5.69 Å². The SMILES string of the molecule is CC(=O)c1ccccc1OCCOc1cc2ccccc2cc1C(=O)Nc1ccccc1C. The van der Waals surface area contributed by atoms with Gasteiger partial charge in [-0.25, -0.2) is 0 Å². The molecule has 5 nitrogen and oxygen atoms in total. The van der Waals surface area contributed by atoms with Crippen LogP contribution in [-0.4, -0.2) is 24.9 Å². The number of para-hydroxylation sites is 2. The molecule has 1 N–H and O–H groups in total. The second-order valence-corrected chi connectivity index (χ2v) is 7.71. The predicted molar refractivity (Wildman–Crippen MR) is 131 cm³/mol. The molecule has 5 heteroatoms. The van der Waals surface area contributed by atoms with E-state index < -0.39 is 0 Å². The monoisotopic (exact) mass is 439 g/mol. The summed E-state index contributed by atoms with van der Waals surface area (Å²) < 4.78 is 11.8. The number of ketones is 1. The second kappa shape index (κ2) is 10.0. The summed E-state index contributed by atoms with van der Waals surface area (Å²) in [5.74, 6) is 0.692. The number of nitrogens with one attached hydrogen (secondary N) is 1. The number of hydrogen-bond donors (Lipinski definition) is 1. The largest absolute Gasteiger partial charge is 0.489 e. The first-order valence-corrected chi connectivity index (χ1v) is 10.8. The Bertz CT molecular complexity index is 1310. The average Bonchev–Trinajstić information content (AvgIpc) is 2.83. The minimum atomic E-state index is -0.243. The van der Waals surface area contributed by atoms with Gasteiger partial charge in [-0.1, -0.05) is 54.6 Å². The lowest BCUT2D eigenvalue weighted by molar-refractivity contribution is 0.100. The smallest absolute Gasteiger partial charge is 0.259 e. The Hall–Kier alpha value is -4.12. The molecule has 0 atom stereocenters. The van der Waals surface area contributed by atoms with E-state index in [0.717, 1.165) is 22.0 Å². The normalized spacial score (nSPS) is 10.6. The molecule has 4 rings (SSSR count). The summed E-state index contributed by atoms with van der Waals surface area (Å²) in [7, 11) is 0. The summed E-state index contributed by atoms with van der Waals surface area (Å²) in [5, 5.41) is 4.91. The fourth-order valence-electron chi connectivity index (χ4n) is 3.61. The third-order valence-electron chi connectivity index (χ3n) is 5.35. The summed E-state index contributed by atoms with van der Waals surface area (Å²) in [6, 6.07) is 26.3. The molecule has 0 aromatic heterocycles. The molecular formula is C28H25NO4. The number of hydrogen-bond acceptors (Lipinski definition) is 4. The Morgan fingerprint density at radius 3 is 2.06 bits per heavy atom. The molecule has 33 heavy (non-hydrogen) atoms. The van der Waals surface area contributed by atoms with Crippen LogP contribution in [0, 0.1) is 6.92 Å². The third-order valence-corrected chi connectivity index (χ3v) is 5.35. The number of anilines is 1. The minimum absolute atomic E-state index is 0.0591. The summed E-state index contributed by atoms with van der Waals surface area (Å²) >= 11 is 0. The van der Waals surface area contributed by atoms with E-state index in [9.17, 15) is 9.59 Å². The number of ether oxygens (including phenoxy) is 2. The lowest BCUT2D eigenvalue weighted by atomic mass is 10.0. The maximum atomic E-state index is 13.1. The van der Waals surface area contributed by atoms with Crippen LogP contribution in [0.15, 0.2) is 84.9 Å². The molecule has 0 aliphatic rings. The van der Waals surface area contributed by atoms with Crippen molar-refractivity contribution in [3.8, 4) is 11.5 Å². The topological polar surface area (TPSA) is 64.6 Å². The Balaban J connectivity index is 1.53. The zero-order chi connectivity index (χ0) is 23.2. The summed E-state index contributed by atoms with van der Waals surface area (Å²) in [6.45, 7) is 3.90. The standard InChI is InChI=1S/C28H25NO4/c1-19-9-3-7-13-25(19)29-28(31)24-17-21-10-4-5-11-22(21)18-27(24)33-16-15-32-26-14-8-6-12-23(26)20(2)30/h3-14,17-18H,15-16H2,1-2H3,(H,29,31). The maximum absolute atomic E-state index is 13.1. The van der Waals surface area contributed by atoms with E-state index in [1.807, 2.05) is 73.7 Å².